The number of hydrogen-bond acceptors (Lipinski definition) is 2. The molecule has 0 bridgehead atoms. The van der Waals surface area contributed by atoms with E-state index >= 15 is 0 Å². The maximum absolute atomic E-state index is 9.31. The van der Waals surface area contributed by atoms with E-state index < -0.39 is 0 Å². The largest absolute Gasteiger partial charge is 0.398 e. The Morgan fingerprint density at radius 2 is 1.71 bits per heavy atom. The summed E-state index contributed by atoms with van der Waals surface area (Å²) in [5.74, 6) is -0.315. The zero-order valence-electron chi connectivity index (χ0n) is 9.10. The smallest absolute Gasteiger partial charge is 0.0982 e. The van der Waals surface area contributed by atoms with Gasteiger partial charge < -0.3 is 5.73 Å². The molecule has 0 aliphatic carbocycles. The molecular formula is C14H11BrN2. The normalized spacial score (nSPS) is 11.8. The van der Waals surface area contributed by atoms with E-state index in [-0.39, 0.29) is 5.92 Å². The van der Waals surface area contributed by atoms with Gasteiger partial charge in [0.15, 0.2) is 0 Å². The highest BCUT2D eigenvalue weighted by atomic mass is 79.9. The number of nitriles is 1. The van der Waals surface area contributed by atoms with E-state index in [1.54, 1.807) is 0 Å². The maximum Gasteiger partial charge on any atom is 0.0982 e. The van der Waals surface area contributed by atoms with Gasteiger partial charge in [0.05, 0.1) is 12.0 Å². The van der Waals surface area contributed by atoms with Crippen molar-refractivity contribution in [1.82, 2.24) is 0 Å². The first-order chi connectivity index (χ1) is 8.22. The summed E-state index contributed by atoms with van der Waals surface area (Å²) in [5.41, 5.74) is 8.37. The van der Waals surface area contributed by atoms with Crippen LogP contribution in [0.5, 0.6) is 0 Å². The van der Waals surface area contributed by atoms with E-state index in [2.05, 4.69) is 22.0 Å². The molecule has 2 nitrogen and oxygen atoms in total. The molecule has 2 rings (SSSR count). The van der Waals surface area contributed by atoms with Crippen molar-refractivity contribution in [2.75, 3.05) is 5.73 Å². The van der Waals surface area contributed by atoms with E-state index in [1.165, 1.54) is 0 Å². The van der Waals surface area contributed by atoms with Gasteiger partial charge in [0, 0.05) is 10.2 Å². The van der Waals surface area contributed by atoms with Crippen LogP contribution >= 0.6 is 15.9 Å². The van der Waals surface area contributed by atoms with Gasteiger partial charge in [-0.15, -0.1) is 0 Å². The molecule has 0 saturated heterocycles. The Morgan fingerprint density at radius 1 is 1.06 bits per heavy atom. The molecule has 0 saturated carbocycles. The number of para-hydroxylation sites is 1. The first-order valence-corrected chi connectivity index (χ1v) is 6.01. The first kappa shape index (κ1) is 11.7. The van der Waals surface area contributed by atoms with Gasteiger partial charge in [0.25, 0.3) is 0 Å². The van der Waals surface area contributed by atoms with Gasteiger partial charge in [-0.3, -0.25) is 0 Å². The second kappa shape index (κ2) is 5.03. The lowest BCUT2D eigenvalue weighted by Gasteiger charge is -2.12. The highest BCUT2D eigenvalue weighted by Crippen LogP contribution is 2.28. The number of nitrogen functional groups attached to an aromatic ring is 1. The average Bonchev–Trinajstić information content (AvgIpc) is 2.35. The van der Waals surface area contributed by atoms with E-state index in [4.69, 9.17) is 5.73 Å². The topological polar surface area (TPSA) is 49.8 Å². The van der Waals surface area contributed by atoms with Gasteiger partial charge in [-0.25, -0.2) is 0 Å². The zero-order chi connectivity index (χ0) is 12.3. The highest BCUT2D eigenvalue weighted by molar-refractivity contribution is 9.10. The molecule has 0 amide bonds. The van der Waals surface area contributed by atoms with Crippen molar-refractivity contribution in [3.8, 4) is 6.07 Å². The first-order valence-electron chi connectivity index (χ1n) is 5.22. The van der Waals surface area contributed by atoms with Gasteiger partial charge in [-0.05, 0) is 29.3 Å². The fraction of sp³-hybridized carbons (Fsp3) is 0.0714. The summed E-state index contributed by atoms with van der Waals surface area (Å²) in [6.45, 7) is 0. The molecule has 1 unspecified atom stereocenters. The number of benzene rings is 2. The maximum atomic E-state index is 9.31. The second-order valence-corrected chi connectivity index (χ2v) is 4.66. The summed E-state index contributed by atoms with van der Waals surface area (Å²) in [5, 5.41) is 9.31. The number of nitrogens with zero attached hydrogens (tertiary/aromatic N) is 1. The second-order valence-electron chi connectivity index (χ2n) is 3.74. The average molecular weight is 287 g/mol. The van der Waals surface area contributed by atoms with Crippen molar-refractivity contribution < 1.29 is 0 Å². The van der Waals surface area contributed by atoms with Crippen molar-refractivity contribution in [3.05, 3.63) is 64.1 Å². The van der Waals surface area contributed by atoms with Crippen molar-refractivity contribution >= 4 is 21.6 Å². The fourth-order valence-electron chi connectivity index (χ4n) is 1.75. The van der Waals surface area contributed by atoms with Gasteiger partial charge >= 0.3 is 0 Å². The van der Waals surface area contributed by atoms with Crippen LogP contribution in [0.2, 0.25) is 0 Å². The minimum atomic E-state index is -0.315. The molecule has 1 atom stereocenters. The Kier molecular flexibility index (Phi) is 3.46. The molecule has 0 heterocycles. The van der Waals surface area contributed by atoms with Crippen LogP contribution in [0.3, 0.4) is 0 Å². The lowest BCUT2D eigenvalue weighted by Crippen LogP contribution is -2.02. The number of anilines is 1. The SMILES string of the molecule is N#CC(c1ccc(Br)cc1)c1ccccc1N. The van der Waals surface area contributed by atoms with Gasteiger partial charge in [0.2, 0.25) is 0 Å². The molecule has 2 N–H and O–H groups in total. The Labute approximate surface area is 109 Å². The summed E-state index contributed by atoms with van der Waals surface area (Å²) in [4.78, 5) is 0. The third-order valence-electron chi connectivity index (χ3n) is 2.64. The fourth-order valence-corrected chi connectivity index (χ4v) is 2.02. The summed E-state index contributed by atoms with van der Waals surface area (Å²) >= 11 is 3.38. The monoisotopic (exact) mass is 286 g/mol. The molecule has 17 heavy (non-hydrogen) atoms. The minimum Gasteiger partial charge on any atom is -0.398 e. The number of hydrogen-bond donors (Lipinski definition) is 1. The molecule has 2 aromatic rings. The van der Waals surface area contributed by atoms with Crippen molar-refractivity contribution in [3.63, 3.8) is 0 Å². The summed E-state index contributed by atoms with van der Waals surface area (Å²) in [6.07, 6.45) is 0. The third-order valence-corrected chi connectivity index (χ3v) is 3.17. The summed E-state index contributed by atoms with van der Waals surface area (Å²) < 4.78 is 0.999. The molecule has 0 aromatic heterocycles. The van der Waals surface area contributed by atoms with Gasteiger partial charge in [-0.1, -0.05) is 46.3 Å². The quantitative estimate of drug-likeness (QED) is 0.856. The summed E-state index contributed by atoms with van der Waals surface area (Å²) in [6, 6.07) is 17.5. The molecule has 0 fully saturated rings. The molecular weight excluding hydrogens is 276 g/mol. The van der Waals surface area contributed by atoms with Crippen molar-refractivity contribution in [2.24, 2.45) is 0 Å². The van der Waals surface area contributed by atoms with Crippen LogP contribution < -0.4 is 5.73 Å². The standard InChI is InChI=1S/C14H11BrN2/c15-11-7-5-10(6-8-11)13(9-16)12-3-1-2-4-14(12)17/h1-8,13H,17H2. The van der Waals surface area contributed by atoms with Crippen LogP contribution in [-0.2, 0) is 0 Å². The molecule has 3 heteroatoms. The lowest BCUT2D eigenvalue weighted by atomic mass is 9.91. The van der Waals surface area contributed by atoms with Crippen LogP contribution in [0.25, 0.3) is 0 Å². The van der Waals surface area contributed by atoms with E-state index in [1.807, 2.05) is 48.5 Å². The Hall–Kier alpha value is -1.79. The number of halogens is 1. The predicted molar refractivity (Wildman–Crippen MR) is 72.5 cm³/mol. The van der Waals surface area contributed by atoms with Crippen molar-refractivity contribution in [1.29, 1.82) is 5.26 Å². The summed E-state index contributed by atoms with van der Waals surface area (Å²) in [7, 11) is 0. The zero-order valence-corrected chi connectivity index (χ0v) is 10.7. The van der Waals surface area contributed by atoms with Gasteiger partial charge in [0.1, 0.15) is 0 Å². The van der Waals surface area contributed by atoms with E-state index in [0.29, 0.717) is 5.69 Å². The number of rotatable bonds is 2. The predicted octanol–water partition coefficient (Wildman–Crippen LogP) is 3.69. The van der Waals surface area contributed by atoms with Crippen LogP contribution in [0, 0.1) is 11.3 Å². The Balaban J connectivity index is 2.45. The van der Waals surface area contributed by atoms with Crippen LogP contribution in [0.4, 0.5) is 5.69 Å². The molecule has 0 aliphatic rings. The molecule has 84 valence electrons. The van der Waals surface area contributed by atoms with Crippen LogP contribution in [-0.4, -0.2) is 0 Å². The van der Waals surface area contributed by atoms with Crippen LogP contribution in [0.15, 0.2) is 53.0 Å². The highest BCUT2D eigenvalue weighted by Gasteiger charge is 2.15. The molecule has 0 spiro atoms. The third kappa shape index (κ3) is 2.48. The van der Waals surface area contributed by atoms with Gasteiger partial charge in [-0.2, -0.15) is 5.26 Å². The molecule has 0 radical (unpaired) electrons. The molecule has 2 aromatic carbocycles. The van der Waals surface area contributed by atoms with E-state index in [0.717, 1.165) is 15.6 Å². The van der Waals surface area contributed by atoms with Crippen molar-refractivity contribution in [2.45, 2.75) is 5.92 Å². The molecule has 0 aliphatic heterocycles. The van der Waals surface area contributed by atoms with E-state index in [9.17, 15) is 5.26 Å². The Morgan fingerprint density at radius 3 is 2.29 bits per heavy atom. The number of nitrogens with two attached hydrogens (primary N) is 1. The minimum absolute atomic E-state index is 0.315. The Bertz CT molecular complexity index is 555. The van der Waals surface area contributed by atoms with Crippen LogP contribution in [0.1, 0.15) is 17.0 Å². The lowest BCUT2D eigenvalue weighted by molar-refractivity contribution is 1.04.